The molecule has 0 aromatic carbocycles. The van der Waals surface area contributed by atoms with Crippen LogP contribution in [0.2, 0.25) is 0 Å². The van der Waals surface area contributed by atoms with Gasteiger partial charge in [0.15, 0.2) is 0 Å². The number of carbonyl (C=O) groups is 3. The standard InChI is InChI=1S/C12H21N3O4/c1-7-5-3-4-6-12(7,10(17)18)15-9(16)8(2)14-11(13)19/h7-8H,3-6H2,1-2H3,(H,15,16)(H,17,18)(H3,13,14,19). The number of nitrogens with two attached hydrogens (primary N) is 1. The fourth-order valence-electron chi connectivity index (χ4n) is 2.51. The molecule has 0 spiro atoms. The van der Waals surface area contributed by atoms with E-state index in [1.54, 1.807) is 0 Å². The number of aliphatic carboxylic acids is 1. The molecule has 0 saturated heterocycles. The summed E-state index contributed by atoms with van der Waals surface area (Å²) in [5.41, 5.74) is 3.69. The van der Waals surface area contributed by atoms with Crippen molar-refractivity contribution in [1.82, 2.24) is 10.6 Å². The predicted molar refractivity (Wildman–Crippen MR) is 68.3 cm³/mol. The molecule has 1 rings (SSSR count). The van der Waals surface area contributed by atoms with Gasteiger partial charge in [-0.1, -0.05) is 19.8 Å². The fourth-order valence-corrected chi connectivity index (χ4v) is 2.51. The molecular formula is C12H21N3O4. The Morgan fingerprint density at radius 3 is 2.47 bits per heavy atom. The van der Waals surface area contributed by atoms with Crippen LogP contribution in [0.4, 0.5) is 4.79 Å². The van der Waals surface area contributed by atoms with Gasteiger partial charge in [0, 0.05) is 0 Å². The lowest BCUT2D eigenvalue weighted by Crippen LogP contribution is -2.63. The molecule has 3 amide bonds. The maximum Gasteiger partial charge on any atom is 0.329 e. The van der Waals surface area contributed by atoms with Crippen molar-refractivity contribution in [1.29, 1.82) is 0 Å². The van der Waals surface area contributed by atoms with E-state index < -0.39 is 29.5 Å². The first-order chi connectivity index (χ1) is 8.79. The van der Waals surface area contributed by atoms with Crippen LogP contribution in [0.15, 0.2) is 0 Å². The molecule has 0 aromatic heterocycles. The van der Waals surface area contributed by atoms with E-state index in [9.17, 15) is 19.5 Å². The van der Waals surface area contributed by atoms with Crippen LogP contribution in [0.5, 0.6) is 0 Å². The smallest absolute Gasteiger partial charge is 0.329 e. The molecule has 1 fully saturated rings. The Balaban J connectivity index is 2.81. The summed E-state index contributed by atoms with van der Waals surface area (Å²) in [6.07, 6.45) is 2.87. The summed E-state index contributed by atoms with van der Waals surface area (Å²) in [4.78, 5) is 34.2. The molecule has 108 valence electrons. The number of amides is 3. The molecule has 3 atom stereocenters. The maximum atomic E-state index is 12.0. The van der Waals surface area contributed by atoms with Crippen molar-refractivity contribution in [3.05, 3.63) is 0 Å². The molecule has 0 aromatic rings. The number of primary amides is 1. The van der Waals surface area contributed by atoms with Gasteiger partial charge in [-0.05, 0) is 25.7 Å². The van der Waals surface area contributed by atoms with Crippen LogP contribution < -0.4 is 16.4 Å². The van der Waals surface area contributed by atoms with E-state index >= 15 is 0 Å². The lowest BCUT2D eigenvalue weighted by atomic mass is 9.73. The van der Waals surface area contributed by atoms with Crippen LogP contribution in [0, 0.1) is 5.92 Å². The highest BCUT2D eigenvalue weighted by molar-refractivity contribution is 5.91. The molecule has 19 heavy (non-hydrogen) atoms. The van der Waals surface area contributed by atoms with E-state index in [-0.39, 0.29) is 5.92 Å². The van der Waals surface area contributed by atoms with E-state index in [2.05, 4.69) is 10.6 Å². The Morgan fingerprint density at radius 2 is 2.00 bits per heavy atom. The Morgan fingerprint density at radius 1 is 1.37 bits per heavy atom. The zero-order chi connectivity index (χ0) is 14.6. The highest BCUT2D eigenvalue weighted by atomic mass is 16.4. The van der Waals surface area contributed by atoms with Crippen molar-refractivity contribution in [2.75, 3.05) is 0 Å². The van der Waals surface area contributed by atoms with E-state index in [0.29, 0.717) is 6.42 Å². The Hall–Kier alpha value is -1.79. The predicted octanol–water partition coefficient (Wildman–Crippen LogP) is 0.193. The van der Waals surface area contributed by atoms with Crippen LogP contribution in [0.25, 0.3) is 0 Å². The summed E-state index contributed by atoms with van der Waals surface area (Å²) in [6.45, 7) is 3.28. The molecule has 0 heterocycles. The summed E-state index contributed by atoms with van der Waals surface area (Å²) >= 11 is 0. The van der Waals surface area contributed by atoms with Gasteiger partial charge in [-0.15, -0.1) is 0 Å². The van der Waals surface area contributed by atoms with Crippen molar-refractivity contribution >= 4 is 17.9 Å². The normalized spacial score (nSPS) is 28.2. The third-order valence-electron chi connectivity index (χ3n) is 3.78. The summed E-state index contributed by atoms with van der Waals surface area (Å²) < 4.78 is 0. The first-order valence-corrected chi connectivity index (χ1v) is 6.41. The van der Waals surface area contributed by atoms with Gasteiger partial charge < -0.3 is 21.5 Å². The van der Waals surface area contributed by atoms with Crippen molar-refractivity contribution < 1.29 is 19.5 Å². The van der Waals surface area contributed by atoms with Crippen LogP contribution in [0.1, 0.15) is 39.5 Å². The minimum atomic E-state index is -1.25. The first kappa shape index (κ1) is 15.3. The molecule has 1 aliphatic carbocycles. The molecule has 5 N–H and O–H groups in total. The van der Waals surface area contributed by atoms with E-state index in [1.807, 2.05) is 6.92 Å². The molecule has 0 aliphatic heterocycles. The number of urea groups is 1. The second-order valence-corrected chi connectivity index (χ2v) is 5.14. The Kier molecular flexibility index (Phi) is 4.74. The summed E-state index contributed by atoms with van der Waals surface area (Å²) in [5.74, 6) is -1.71. The first-order valence-electron chi connectivity index (χ1n) is 6.41. The average molecular weight is 271 g/mol. The van der Waals surface area contributed by atoms with Gasteiger partial charge >= 0.3 is 12.0 Å². The molecular weight excluding hydrogens is 250 g/mol. The lowest BCUT2D eigenvalue weighted by Gasteiger charge is -2.40. The summed E-state index contributed by atoms with van der Waals surface area (Å²) in [6, 6.07) is -1.67. The average Bonchev–Trinajstić information content (AvgIpc) is 2.30. The SMILES string of the molecule is CC(NC(N)=O)C(=O)NC1(C(=O)O)CCCCC1C. The zero-order valence-electron chi connectivity index (χ0n) is 11.2. The van der Waals surface area contributed by atoms with Gasteiger partial charge in [0.2, 0.25) is 5.91 Å². The third-order valence-corrected chi connectivity index (χ3v) is 3.78. The Bertz CT molecular complexity index is 385. The van der Waals surface area contributed by atoms with Gasteiger partial charge in [-0.25, -0.2) is 9.59 Å². The summed E-state index contributed by atoms with van der Waals surface area (Å²) in [7, 11) is 0. The van der Waals surface area contributed by atoms with Crippen LogP contribution in [-0.4, -0.2) is 34.6 Å². The van der Waals surface area contributed by atoms with Gasteiger partial charge in [0.25, 0.3) is 0 Å². The van der Waals surface area contributed by atoms with Gasteiger partial charge in [0.1, 0.15) is 11.6 Å². The molecule has 0 radical (unpaired) electrons. The molecule has 1 aliphatic rings. The molecule has 7 nitrogen and oxygen atoms in total. The highest BCUT2D eigenvalue weighted by Crippen LogP contribution is 2.34. The Labute approximate surface area is 111 Å². The highest BCUT2D eigenvalue weighted by Gasteiger charge is 2.46. The van der Waals surface area contributed by atoms with Crippen LogP contribution >= 0.6 is 0 Å². The summed E-state index contributed by atoms with van der Waals surface area (Å²) in [5, 5.41) is 14.3. The van der Waals surface area contributed by atoms with Gasteiger partial charge in [0.05, 0.1) is 0 Å². The van der Waals surface area contributed by atoms with E-state index in [0.717, 1.165) is 19.3 Å². The maximum absolute atomic E-state index is 12.0. The molecule has 1 saturated carbocycles. The number of rotatable bonds is 4. The molecule has 3 unspecified atom stereocenters. The number of hydrogen-bond acceptors (Lipinski definition) is 3. The van der Waals surface area contributed by atoms with Crippen molar-refractivity contribution in [3.8, 4) is 0 Å². The molecule has 0 bridgehead atoms. The van der Waals surface area contributed by atoms with Gasteiger partial charge in [-0.2, -0.15) is 0 Å². The monoisotopic (exact) mass is 271 g/mol. The number of hydrogen-bond donors (Lipinski definition) is 4. The second-order valence-electron chi connectivity index (χ2n) is 5.14. The second kappa shape index (κ2) is 5.90. The number of carbonyl (C=O) groups excluding carboxylic acids is 2. The minimum Gasteiger partial charge on any atom is -0.479 e. The number of carboxylic acids is 1. The van der Waals surface area contributed by atoms with Crippen molar-refractivity contribution in [2.45, 2.75) is 51.1 Å². The largest absolute Gasteiger partial charge is 0.479 e. The van der Waals surface area contributed by atoms with E-state index in [4.69, 9.17) is 5.73 Å². The molecule has 7 heteroatoms. The van der Waals surface area contributed by atoms with Crippen molar-refractivity contribution in [3.63, 3.8) is 0 Å². The zero-order valence-corrected chi connectivity index (χ0v) is 11.2. The van der Waals surface area contributed by atoms with E-state index in [1.165, 1.54) is 6.92 Å². The quantitative estimate of drug-likeness (QED) is 0.583. The van der Waals surface area contributed by atoms with Crippen LogP contribution in [-0.2, 0) is 9.59 Å². The number of carboxylic acid groups (broad SMARTS) is 1. The lowest BCUT2D eigenvalue weighted by molar-refractivity contribution is -0.152. The third kappa shape index (κ3) is 3.36. The number of nitrogens with one attached hydrogen (secondary N) is 2. The topological polar surface area (TPSA) is 122 Å². The fraction of sp³-hybridized carbons (Fsp3) is 0.750. The van der Waals surface area contributed by atoms with Gasteiger partial charge in [-0.3, -0.25) is 4.79 Å². The van der Waals surface area contributed by atoms with Crippen LogP contribution in [0.3, 0.4) is 0 Å². The van der Waals surface area contributed by atoms with Crippen molar-refractivity contribution in [2.24, 2.45) is 11.7 Å². The minimum absolute atomic E-state index is 0.150.